The van der Waals surface area contributed by atoms with E-state index >= 15 is 0 Å². The van der Waals surface area contributed by atoms with Gasteiger partial charge in [-0.15, -0.1) is 11.8 Å². The van der Waals surface area contributed by atoms with Gasteiger partial charge in [-0.1, -0.05) is 21.3 Å². The summed E-state index contributed by atoms with van der Waals surface area (Å²) in [5.74, 6) is -6.03. The molecule has 0 spiro atoms. The number of aliphatic carboxylic acids is 3. The fraction of sp³-hybridized carbons (Fsp3) is 0.583. The Balaban J connectivity index is 0.000000486. The number of thioether (sulfide) groups is 1. The maximum Gasteiger partial charge on any atom is 0.490 e. The van der Waals surface area contributed by atoms with Crippen LogP contribution in [0, 0.1) is 11.3 Å². The Hall–Kier alpha value is -4.15. The number of aromatic nitrogens is 3. The summed E-state index contributed by atoms with van der Waals surface area (Å²) in [6.45, 7) is 3.65. The lowest BCUT2D eigenvalue weighted by Gasteiger charge is -2.29. The zero-order valence-corrected chi connectivity index (χ0v) is 26.6. The summed E-state index contributed by atoms with van der Waals surface area (Å²) < 4.78 is 101. The van der Waals surface area contributed by atoms with E-state index in [1.165, 1.54) is 6.20 Å². The Bertz CT molecular complexity index is 1370. The number of carboxylic acids is 3. The molecule has 0 aromatic carbocycles. The van der Waals surface area contributed by atoms with Gasteiger partial charge in [-0.05, 0) is 25.0 Å². The van der Waals surface area contributed by atoms with E-state index in [1.54, 1.807) is 23.9 Å². The van der Waals surface area contributed by atoms with Crippen molar-refractivity contribution in [1.82, 2.24) is 24.5 Å². The minimum atomic E-state index is -5.08. The highest BCUT2D eigenvalue weighted by molar-refractivity contribution is 7.99. The summed E-state index contributed by atoms with van der Waals surface area (Å²) in [4.78, 5) is 51.2. The summed E-state index contributed by atoms with van der Waals surface area (Å²) >= 11 is 7.61. The van der Waals surface area contributed by atoms with E-state index in [0.717, 1.165) is 50.7 Å². The van der Waals surface area contributed by atoms with E-state index < -0.39 is 36.4 Å². The molecule has 2 aliphatic heterocycles. The molecule has 2 aromatic heterocycles. The van der Waals surface area contributed by atoms with Crippen LogP contribution in [0.1, 0.15) is 18.9 Å². The molecule has 0 unspecified atom stereocenters. The highest BCUT2D eigenvalue weighted by Gasteiger charge is 2.39. The summed E-state index contributed by atoms with van der Waals surface area (Å²) in [5, 5.41) is 33.9. The smallest absolute Gasteiger partial charge is 0.475 e. The number of carbonyl (C=O) groups excluding carboxylic acids is 1. The molecule has 2 fully saturated rings. The molecule has 4 N–H and O–H groups in total. The average Bonchev–Trinajstić information content (AvgIpc) is 3.63. The number of nitrogens with one attached hydrogen (secondary N) is 1. The maximum absolute atomic E-state index is 12.2. The molecule has 2 aliphatic rings. The quantitative estimate of drug-likeness (QED) is 0.294. The first-order valence-electron chi connectivity index (χ1n) is 13.5. The molecule has 2 aromatic rings. The third kappa shape index (κ3) is 17.0. The van der Waals surface area contributed by atoms with Gasteiger partial charge in [-0.3, -0.25) is 19.2 Å². The van der Waals surface area contributed by atoms with Gasteiger partial charge in [0.1, 0.15) is 11.9 Å². The first kappa shape index (κ1) is 43.9. The minimum absolute atomic E-state index is 0.0193. The molecule has 1 atom stereocenters. The zero-order chi connectivity index (χ0) is 38.4. The number of carboxylic acid groups (broad SMARTS) is 3. The molecule has 26 heteroatoms. The van der Waals surface area contributed by atoms with Gasteiger partial charge in [0.25, 0.3) is 0 Å². The number of halogens is 10. The Morgan fingerprint density at radius 1 is 0.940 bits per heavy atom. The summed E-state index contributed by atoms with van der Waals surface area (Å²) in [7, 11) is 0. The first-order valence-corrected chi connectivity index (χ1v) is 15.0. The van der Waals surface area contributed by atoms with Gasteiger partial charge in [-0.25, -0.2) is 19.4 Å². The molecule has 0 saturated carbocycles. The number of hydrogen-bond donors (Lipinski definition) is 4. The van der Waals surface area contributed by atoms with Crippen LogP contribution in [0.3, 0.4) is 0 Å². The van der Waals surface area contributed by atoms with Gasteiger partial charge >= 0.3 is 36.4 Å². The second-order valence-electron chi connectivity index (χ2n) is 9.74. The Morgan fingerprint density at radius 2 is 1.44 bits per heavy atom. The molecular formula is C24H27ClF9N7O8S. The number of nitrogens with zero attached hydrogens (tertiary/aromatic N) is 6. The SMILES string of the molecule is N#C[C@H]1CSCN1CCn1on1C1CCN(CC(=O)Nc2ccc(Cl)cn2)CC1.O=C(O)C(F)(F)F.O=C(O)C(F)(F)F.O=C(O)C(F)(F)F. The number of alkyl halides is 9. The van der Waals surface area contributed by atoms with Crippen LogP contribution < -0.4 is 5.32 Å². The van der Waals surface area contributed by atoms with Gasteiger partial charge < -0.3 is 20.6 Å². The lowest BCUT2D eigenvalue weighted by molar-refractivity contribution is -0.193. The van der Waals surface area contributed by atoms with E-state index in [-0.39, 0.29) is 11.9 Å². The van der Waals surface area contributed by atoms with E-state index in [9.17, 15) is 44.3 Å². The Morgan fingerprint density at radius 3 is 1.86 bits per heavy atom. The molecule has 15 nitrogen and oxygen atoms in total. The largest absolute Gasteiger partial charge is 0.490 e. The molecule has 1 amide bonds. The monoisotopic (exact) mass is 779 g/mol. The lowest BCUT2D eigenvalue weighted by atomic mass is 10.1. The average molecular weight is 780 g/mol. The van der Waals surface area contributed by atoms with Crippen LogP contribution in [-0.4, -0.2) is 126 Å². The van der Waals surface area contributed by atoms with Gasteiger partial charge in [0, 0.05) is 37.5 Å². The Kier molecular flexibility index (Phi) is 16.9. The Labute approximate surface area is 284 Å². The highest BCUT2D eigenvalue weighted by atomic mass is 35.5. The summed E-state index contributed by atoms with van der Waals surface area (Å²) in [6, 6.07) is 6.11. The number of rotatable bonds is 7. The number of nitriles is 1. The van der Waals surface area contributed by atoms with Crippen molar-refractivity contribution in [3.05, 3.63) is 23.4 Å². The van der Waals surface area contributed by atoms with Crippen LogP contribution in [-0.2, 0) is 25.7 Å². The molecular weight excluding hydrogens is 753 g/mol. The van der Waals surface area contributed by atoms with E-state index in [4.69, 9.17) is 51.2 Å². The van der Waals surface area contributed by atoms with E-state index in [0.29, 0.717) is 23.4 Å². The van der Waals surface area contributed by atoms with Crippen molar-refractivity contribution in [3.63, 3.8) is 0 Å². The van der Waals surface area contributed by atoms with Crippen LogP contribution in [0.5, 0.6) is 0 Å². The lowest BCUT2D eigenvalue weighted by Crippen LogP contribution is -2.39. The van der Waals surface area contributed by atoms with Crippen molar-refractivity contribution in [2.24, 2.45) is 0 Å². The third-order valence-corrected chi connectivity index (χ3v) is 7.32. The van der Waals surface area contributed by atoms with Crippen molar-refractivity contribution >= 4 is 53.0 Å². The van der Waals surface area contributed by atoms with Crippen LogP contribution in [0.25, 0.3) is 0 Å². The van der Waals surface area contributed by atoms with Gasteiger partial charge in [0.05, 0.1) is 30.2 Å². The molecule has 4 rings (SSSR count). The molecule has 0 radical (unpaired) electrons. The standard InChI is InChI=1S/C18H24ClN7O2S.3C2HF3O2/c19-14-1-2-17(21-10-14)22-18(27)11-23-5-3-15(4-6-23)26-25(28-26)8-7-24-13-29-12-16(24)9-20;3*3-2(4,5)1(6)7/h1-2,10,15-16H,3-8,11-13H2,(H,21,22,27);3*(H,6,7)/t16-,25?,26?;;;/m0.../s1. The zero-order valence-electron chi connectivity index (χ0n) is 25.0. The number of hydrogen-bond acceptors (Lipinski definition) is 10. The molecule has 0 bridgehead atoms. The normalized spacial score (nSPS) is 17.2. The molecule has 282 valence electrons. The summed E-state index contributed by atoms with van der Waals surface area (Å²) in [5.41, 5.74) is 0. The third-order valence-electron chi connectivity index (χ3n) is 6.03. The van der Waals surface area contributed by atoms with Crippen molar-refractivity contribution < 1.29 is 78.6 Å². The summed E-state index contributed by atoms with van der Waals surface area (Å²) in [6.07, 6.45) is -11.8. The van der Waals surface area contributed by atoms with Gasteiger partial charge in [0.2, 0.25) is 5.91 Å². The molecule has 0 aliphatic carbocycles. The number of likely N-dealkylation sites (tertiary alicyclic amines) is 1. The maximum atomic E-state index is 12.2. The number of piperidine rings is 1. The fourth-order valence-electron chi connectivity index (χ4n) is 3.63. The van der Waals surface area contributed by atoms with E-state index in [2.05, 4.69) is 26.2 Å². The second-order valence-corrected chi connectivity index (χ2v) is 11.2. The molecule has 50 heavy (non-hydrogen) atoms. The van der Waals surface area contributed by atoms with E-state index in [1.807, 2.05) is 9.71 Å². The van der Waals surface area contributed by atoms with Crippen LogP contribution >= 0.6 is 23.4 Å². The van der Waals surface area contributed by atoms with Crippen LogP contribution in [0.2, 0.25) is 5.02 Å². The topological polar surface area (TPSA) is 207 Å². The van der Waals surface area contributed by atoms with Crippen LogP contribution in [0.15, 0.2) is 23.0 Å². The molecule has 2 saturated heterocycles. The molecule has 4 heterocycles. The number of pyridine rings is 1. The highest BCUT2D eigenvalue weighted by Crippen LogP contribution is 2.26. The first-order chi connectivity index (χ1) is 22.9. The fourth-order valence-corrected chi connectivity index (χ4v) is 4.90. The second kappa shape index (κ2) is 19.3. The van der Waals surface area contributed by atoms with Gasteiger partial charge in [0.15, 0.2) is 0 Å². The predicted octanol–water partition coefficient (Wildman–Crippen LogP) is 4.00. The van der Waals surface area contributed by atoms with Crippen LogP contribution in [0.4, 0.5) is 45.3 Å². The van der Waals surface area contributed by atoms with Crippen molar-refractivity contribution in [3.8, 4) is 6.07 Å². The minimum Gasteiger partial charge on any atom is -0.475 e. The number of anilines is 1. The van der Waals surface area contributed by atoms with Gasteiger partial charge in [-0.2, -0.15) is 44.8 Å². The van der Waals surface area contributed by atoms with Crippen molar-refractivity contribution in [2.75, 3.05) is 43.1 Å². The number of amides is 1. The predicted molar refractivity (Wildman–Crippen MR) is 152 cm³/mol. The van der Waals surface area contributed by atoms with Crippen molar-refractivity contribution in [1.29, 1.82) is 5.26 Å². The number of carbonyl (C=O) groups is 4. The van der Waals surface area contributed by atoms with Crippen molar-refractivity contribution in [2.45, 2.75) is 50.0 Å².